The Labute approximate surface area is 171 Å². The van der Waals surface area contributed by atoms with Crippen molar-refractivity contribution in [2.75, 3.05) is 6.61 Å². The fourth-order valence-corrected chi connectivity index (χ4v) is 4.01. The molecule has 0 aliphatic rings. The van der Waals surface area contributed by atoms with Gasteiger partial charge >= 0.3 is 7.82 Å². The standard InChI is InChI=1S/C21H41N2O4P/c1-2-3-4-5-6-7-8-9-10-11-12-13-14-15-16-17-20-26-28(24,25)27-23-19-18-22-21-23/h18-19,21H,2-17,20H2,1H3,(H,24,25). The van der Waals surface area contributed by atoms with Crippen LogP contribution < -0.4 is 4.62 Å². The van der Waals surface area contributed by atoms with E-state index in [-0.39, 0.29) is 6.61 Å². The third kappa shape index (κ3) is 15.1. The van der Waals surface area contributed by atoms with Gasteiger partial charge in [0, 0.05) is 6.20 Å². The number of phosphoric acid groups is 1. The van der Waals surface area contributed by atoms with Crippen molar-refractivity contribution in [3.63, 3.8) is 0 Å². The first-order valence-corrected chi connectivity index (χ1v) is 12.8. The second-order valence-corrected chi connectivity index (χ2v) is 8.97. The zero-order valence-corrected chi connectivity index (χ0v) is 18.7. The number of rotatable bonds is 20. The van der Waals surface area contributed by atoms with Gasteiger partial charge in [0.15, 0.2) is 0 Å². The maximum Gasteiger partial charge on any atom is 0.546 e. The highest BCUT2D eigenvalue weighted by Crippen LogP contribution is 2.39. The number of phosphoric ester groups is 1. The Morgan fingerprint density at radius 3 is 1.71 bits per heavy atom. The van der Waals surface area contributed by atoms with Gasteiger partial charge in [-0.25, -0.2) is 9.55 Å². The van der Waals surface area contributed by atoms with Crippen molar-refractivity contribution in [2.45, 2.75) is 110 Å². The molecule has 7 heteroatoms. The van der Waals surface area contributed by atoms with E-state index in [4.69, 9.17) is 9.15 Å². The third-order valence-electron chi connectivity index (χ3n) is 4.93. The van der Waals surface area contributed by atoms with Gasteiger partial charge in [-0.1, -0.05) is 103 Å². The second-order valence-electron chi connectivity index (χ2n) is 7.61. The molecule has 6 nitrogen and oxygen atoms in total. The molecule has 0 aromatic carbocycles. The first kappa shape index (κ1) is 25.2. The zero-order chi connectivity index (χ0) is 20.3. The van der Waals surface area contributed by atoms with E-state index >= 15 is 0 Å². The number of nitrogens with zero attached hydrogens (tertiary/aromatic N) is 2. The summed E-state index contributed by atoms with van der Waals surface area (Å²) >= 11 is 0. The average Bonchev–Trinajstić information content (AvgIpc) is 3.16. The summed E-state index contributed by atoms with van der Waals surface area (Å²) in [6, 6.07) is 0. The molecule has 1 rings (SSSR count). The SMILES string of the molecule is CCCCCCCCCCCCCCCCCCOP(=O)(O)On1ccnc1. The van der Waals surface area contributed by atoms with E-state index in [0.717, 1.165) is 24.0 Å². The number of hydrogen-bond donors (Lipinski definition) is 1. The summed E-state index contributed by atoms with van der Waals surface area (Å²) in [7, 11) is -4.05. The number of unbranched alkanes of at least 4 members (excludes halogenated alkanes) is 15. The van der Waals surface area contributed by atoms with Crippen LogP contribution in [0.25, 0.3) is 0 Å². The van der Waals surface area contributed by atoms with E-state index in [1.807, 2.05) is 0 Å². The molecular weight excluding hydrogens is 375 g/mol. The summed E-state index contributed by atoms with van der Waals surface area (Å²) in [5.74, 6) is 0. The second kappa shape index (κ2) is 17.1. The van der Waals surface area contributed by atoms with Crippen LogP contribution in [0.5, 0.6) is 0 Å². The molecule has 0 spiro atoms. The summed E-state index contributed by atoms with van der Waals surface area (Å²) < 4.78 is 22.6. The first-order valence-electron chi connectivity index (χ1n) is 11.3. The van der Waals surface area contributed by atoms with Gasteiger partial charge in [-0.2, -0.15) is 4.73 Å². The van der Waals surface area contributed by atoms with E-state index in [0.29, 0.717) is 0 Å². The third-order valence-corrected chi connectivity index (χ3v) is 5.83. The Morgan fingerprint density at radius 2 is 1.29 bits per heavy atom. The van der Waals surface area contributed by atoms with Crippen molar-refractivity contribution in [1.29, 1.82) is 0 Å². The Balaban J connectivity index is 1.78. The van der Waals surface area contributed by atoms with Crippen molar-refractivity contribution in [1.82, 2.24) is 9.71 Å². The molecule has 1 heterocycles. The number of imidazole rings is 1. The fourth-order valence-electron chi connectivity index (χ4n) is 3.27. The average molecular weight is 417 g/mol. The van der Waals surface area contributed by atoms with Crippen molar-refractivity contribution in [2.24, 2.45) is 0 Å². The van der Waals surface area contributed by atoms with Crippen LogP contribution in [-0.4, -0.2) is 21.2 Å². The maximum absolute atomic E-state index is 11.7. The lowest BCUT2D eigenvalue weighted by Crippen LogP contribution is -2.09. The maximum atomic E-state index is 11.7. The van der Waals surface area contributed by atoms with Gasteiger partial charge in [-0.05, 0) is 6.42 Å². The molecule has 1 atom stereocenters. The van der Waals surface area contributed by atoms with Gasteiger partial charge < -0.3 is 4.62 Å². The van der Waals surface area contributed by atoms with Gasteiger partial charge in [-0.3, -0.25) is 9.42 Å². The minimum absolute atomic E-state index is 0.237. The predicted octanol–water partition coefficient (Wildman–Crippen LogP) is 6.69. The normalized spacial score (nSPS) is 13.5. The summed E-state index contributed by atoms with van der Waals surface area (Å²) in [5.41, 5.74) is 0. The van der Waals surface area contributed by atoms with Crippen LogP contribution >= 0.6 is 7.82 Å². The van der Waals surface area contributed by atoms with Crippen LogP contribution in [0.4, 0.5) is 0 Å². The van der Waals surface area contributed by atoms with Crippen molar-refractivity contribution < 1.29 is 18.6 Å². The Bertz CT molecular complexity index is 497. The molecule has 0 saturated heterocycles. The minimum Gasteiger partial charge on any atom is -0.310 e. The Hall–Kier alpha value is -0.840. The largest absolute Gasteiger partial charge is 0.546 e. The van der Waals surface area contributed by atoms with E-state index in [2.05, 4.69) is 11.9 Å². The van der Waals surface area contributed by atoms with E-state index in [1.165, 1.54) is 102 Å². The van der Waals surface area contributed by atoms with Gasteiger partial charge in [0.2, 0.25) is 0 Å². The lowest BCUT2D eigenvalue weighted by molar-refractivity contribution is 0.135. The highest BCUT2D eigenvalue weighted by Gasteiger charge is 2.22. The van der Waals surface area contributed by atoms with Gasteiger partial charge in [0.25, 0.3) is 0 Å². The van der Waals surface area contributed by atoms with Crippen LogP contribution in [0.1, 0.15) is 110 Å². The number of aromatic nitrogens is 2. The van der Waals surface area contributed by atoms with Gasteiger partial charge in [0.1, 0.15) is 6.33 Å². The molecule has 0 fully saturated rings. The van der Waals surface area contributed by atoms with Crippen LogP contribution in [0.15, 0.2) is 18.7 Å². The monoisotopic (exact) mass is 416 g/mol. The summed E-state index contributed by atoms with van der Waals surface area (Å²) in [6.45, 7) is 2.51. The van der Waals surface area contributed by atoms with E-state index in [9.17, 15) is 9.46 Å². The van der Waals surface area contributed by atoms with E-state index in [1.54, 1.807) is 0 Å². The lowest BCUT2D eigenvalue weighted by Gasteiger charge is -2.12. The van der Waals surface area contributed by atoms with Crippen LogP contribution in [0.3, 0.4) is 0 Å². The van der Waals surface area contributed by atoms with Crippen molar-refractivity contribution in [3.8, 4) is 0 Å². The molecule has 0 amide bonds. The molecule has 1 aromatic rings. The molecule has 0 aliphatic heterocycles. The smallest absolute Gasteiger partial charge is 0.310 e. The Morgan fingerprint density at radius 1 is 0.821 bits per heavy atom. The Kier molecular flexibility index (Phi) is 15.3. The molecular formula is C21H41N2O4P. The summed E-state index contributed by atoms with van der Waals surface area (Å²) in [4.78, 5) is 13.3. The van der Waals surface area contributed by atoms with Crippen LogP contribution in [-0.2, 0) is 9.09 Å². The van der Waals surface area contributed by atoms with Crippen LogP contribution in [0, 0.1) is 0 Å². The highest BCUT2D eigenvalue weighted by molar-refractivity contribution is 7.47. The predicted molar refractivity (Wildman–Crippen MR) is 114 cm³/mol. The van der Waals surface area contributed by atoms with Crippen molar-refractivity contribution >= 4 is 7.82 Å². The van der Waals surface area contributed by atoms with Gasteiger partial charge in [-0.15, -0.1) is 0 Å². The molecule has 28 heavy (non-hydrogen) atoms. The van der Waals surface area contributed by atoms with E-state index < -0.39 is 7.82 Å². The fraction of sp³-hybridized carbons (Fsp3) is 0.857. The summed E-state index contributed by atoms with van der Waals surface area (Å²) in [5, 5.41) is 0. The zero-order valence-electron chi connectivity index (χ0n) is 17.8. The topological polar surface area (TPSA) is 73.6 Å². The molecule has 164 valence electrons. The molecule has 0 bridgehead atoms. The minimum atomic E-state index is -4.05. The number of hydrogen-bond acceptors (Lipinski definition) is 4. The quantitative estimate of drug-likeness (QED) is 0.189. The lowest BCUT2D eigenvalue weighted by atomic mass is 10.0. The molecule has 1 aromatic heterocycles. The molecule has 1 unspecified atom stereocenters. The molecule has 1 N–H and O–H groups in total. The van der Waals surface area contributed by atoms with Gasteiger partial charge in [0.05, 0.1) is 12.8 Å². The first-order chi connectivity index (χ1) is 13.6. The summed E-state index contributed by atoms with van der Waals surface area (Å²) in [6.07, 6.45) is 25.0. The van der Waals surface area contributed by atoms with Crippen LogP contribution in [0.2, 0.25) is 0 Å². The highest BCUT2D eigenvalue weighted by atomic mass is 31.2. The van der Waals surface area contributed by atoms with Crippen molar-refractivity contribution in [3.05, 3.63) is 18.7 Å². The molecule has 0 saturated carbocycles. The molecule has 0 aliphatic carbocycles. The molecule has 0 radical (unpaired) electrons.